The molecule has 1 radical (unpaired) electrons. The Kier molecular flexibility index (Phi) is 16.9. The molecule has 0 saturated carbocycles. The summed E-state index contributed by atoms with van der Waals surface area (Å²) in [5.41, 5.74) is 8.19. The van der Waals surface area contributed by atoms with Gasteiger partial charge < -0.3 is 9.84 Å². The van der Waals surface area contributed by atoms with E-state index in [9.17, 15) is 9.90 Å². The molecule has 4 heterocycles. The van der Waals surface area contributed by atoms with E-state index in [1.54, 1.807) is 11.8 Å². The Morgan fingerprint density at radius 2 is 1.11 bits per heavy atom. The zero-order chi connectivity index (χ0) is 60.2. The van der Waals surface area contributed by atoms with Crippen molar-refractivity contribution in [1.82, 2.24) is 9.97 Å². The van der Waals surface area contributed by atoms with Crippen LogP contribution in [0.2, 0.25) is 0 Å². The van der Waals surface area contributed by atoms with Gasteiger partial charge in [0.2, 0.25) is 0 Å². The summed E-state index contributed by atoms with van der Waals surface area (Å²) < 4.78 is 40.8. The molecule has 0 aliphatic carbocycles. The van der Waals surface area contributed by atoms with Gasteiger partial charge in [0, 0.05) is 71.5 Å². The Bertz CT molecular complexity index is 3580. The smallest absolute Gasteiger partial charge is 0.164 e. The third-order valence-corrected chi connectivity index (χ3v) is 16.4. The van der Waals surface area contributed by atoms with Crippen molar-refractivity contribution in [2.75, 3.05) is 0 Å². The zero-order valence-electron chi connectivity index (χ0n) is 54.1. The summed E-state index contributed by atoms with van der Waals surface area (Å²) >= 11 is 1.80. The van der Waals surface area contributed by atoms with Gasteiger partial charge in [-0.15, -0.1) is 46.8 Å². The van der Waals surface area contributed by atoms with Gasteiger partial charge in [0.1, 0.15) is 5.75 Å². The monoisotopic (exact) mass is 1260 g/mol. The second-order valence-electron chi connectivity index (χ2n) is 27.0. The van der Waals surface area contributed by atoms with Crippen LogP contribution >= 0.6 is 11.8 Å². The van der Waals surface area contributed by atoms with E-state index in [0.29, 0.717) is 5.69 Å². The van der Waals surface area contributed by atoms with E-state index in [1.807, 2.05) is 46.8 Å². The number of aliphatic hydroxyl groups excluding tert-OH is 1. The summed E-state index contributed by atoms with van der Waals surface area (Å²) in [5.74, 6) is 1.95. The average Bonchev–Trinajstić information content (AvgIpc) is 3.20. The van der Waals surface area contributed by atoms with Crippen molar-refractivity contribution in [3.8, 4) is 34.0 Å². The SMILES string of the molecule is CCC(CC)/C(O)=C/C(=O)C(C)(CC)CC.[2H]c1nc2c3c(cc(CC(C)(C)C)cc3c1[2H])Oc1c-2[c-]c2ccccc2c1CC(C)(C)C.[2H]c1nc2c3c(cc(CC(C)(C)C)cc3c1[2H])Sc1c-2[c-]c2ccccc2c1CC(C)(C)C.[Ir]. The van der Waals surface area contributed by atoms with Gasteiger partial charge in [-0.2, -0.15) is 0 Å². The molecule has 2 aliphatic rings. The van der Waals surface area contributed by atoms with Crippen molar-refractivity contribution in [3.63, 3.8) is 0 Å². The first-order valence-corrected chi connectivity index (χ1v) is 29.2. The van der Waals surface area contributed by atoms with E-state index in [4.69, 9.17) is 10.2 Å². The van der Waals surface area contributed by atoms with Crippen LogP contribution in [0.25, 0.3) is 65.6 Å². The molecule has 6 aromatic carbocycles. The van der Waals surface area contributed by atoms with Gasteiger partial charge in [-0.05, 0) is 129 Å². The number of pyridine rings is 2. The predicted octanol–water partition coefficient (Wildman–Crippen LogP) is 20.9. The molecule has 1 N–H and O–H groups in total. The number of hydrogen-bond acceptors (Lipinski definition) is 6. The number of aliphatic hydroxyl groups is 1. The second-order valence-corrected chi connectivity index (χ2v) is 28.1. The third-order valence-electron chi connectivity index (χ3n) is 15.2. The summed E-state index contributed by atoms with van der Waals surface area (Å²) in [6.45, 7) is 36.9. The molecular formula is C72H86IrN2O3S-2. The van der Waals surface area contributed by atoms with Crippen molar-refractivity contribution in [1.29, 1.82) is 0 Å². The standard InChI is InChI=1S/C29H30NO.C29H30NS.C14H26O2.Ir/c2*1-28(2,3)16-18-13-20-11-12-30-26-22-15-19-9-7-8-10-21(19)23(17-29(4,5)6)27(22)31-24(14-18)25(20)26;1-6-11(7-2)12(15)10-13(16)14(5,8-3)9-4;/h2*7-14H,16-17H2,1-6H3;10-11,15H,6-9H2,1-5H3;/q2*-1;;/b;;12-10-;/i2*11D,12D;;. The van der Waals surface area contributed by atoms with Crippen LogP contribution in [-0.4, -0.2) is 20.9 Å². The van der Waals surface area contributed by atoms with Crippen LogP contribution in [-0.2, 0) is 50.6 Å². The molecule has 2 aliphatic heterocycles. The van der Waals surface area contributed by atoms with Crippen LogP contribution < -0.4 is 4.74 Å². The van der Waals surface area contributed by atoms with Gasteiger partial charge in [0.05, 0.1) is 17.0 Å². The third kappa shape index (κ3) is 14.1. The molecule has 79 heavy (non-hydrogen) atoms. The van der Waals surface area contributed by atoms with Gasteiger partial charge in [-0.3, -0.25) is 14.8 Å². The maximum Gasteiger partial charge on any atom is 0.164 e. The van der Waals surface area contributed by atoms with E-state index in [1.165, 1.54) is 27.5 Å². The quantitative estimate of drug-likeness (QED) is 0.0790. The minimum Gasteiger partial charge on any atom is -0.512 e. The van der Waals surface area contributed by atoms with Crippen molar-refractivity contribution in [2.45, 2.75) is 179 Å². The number of carbonyl (C=O) groups excluding carboxylic acids is 1. The van der Waals surface area contributed by atoms with Crippen molar-refractivity contribution in [2.24, 2.45) is 33.0 Å². The second kappa shape index (κ2) is 24.0. The molecule has 8 aromatic rings. The van der Waals surface area contributed by atoms with Crippen LogP contribution in [0.15, 0.2) is 119 Å². The van der Waals surface area contributed by atoms with Gasteiger partial charge in [0.25, 0.3) is 0 Å². The summed E-state index contributed by atoms with van der Waals surface area (Å²) in [7, 11) is 0. The molecule has 0 spiro atoms. The molecule has 0 fully saturated rings. The Morgan fingerprint density at radius 3 is 1.63 bits per heavy atom. The maximum absolute atomic E-state index is 12.0. The number of hydrogen-bond donors (Lipinski definition) is 1. The molecular weight excluding hydrogens is 1170 g/mol. The van der Waals surface area contributed by atoms with Crippen LogP contribution in [0.4, 0.5) is 0 Å². The molecule has 0 bridgehead atoms. The predicted molar refractivity (Wildman–Crippen MR) is 332 cm³/mol. The molecule has 0 saturated heterocycles. The average molecular weight is 1260 g/mol. The van der Waals surface area contributed by atoms with E-state index >= 15 is 0 Å². The minimum absolute atomic E-state index is 0. The number of ether oxygens (including phenoxy) is 1. The summed E-state index contributed by atoms with van der Waals surface area (Å²) in [6, 6.07) is 32.8. The number of benzene rings is 6. The van der Waals surface area contributed by atoms with E-state index in [-0.39, 0.29) is 89.1 Å². The van der Waals surface area contributed by atoms with Gasteiger partial charge in [0.15, 0.2) is 5.78 Å². The fourth-order valence-corrected chi connectivity index (χ4v) is 12.2. The first kappa shape index (κ1) is 55.6. The molecule has 0 atom stereocenters. The number of aromatic nitrogens is 2. The zero-order valence-corrected chi connectivity index (χ0v) is 53.4. The van der Waals surface area contributed by atoms with Crippen molar-refractivity contribution in [3.05, 3.63) is 143 Å². The van der Waals surface area contributed by atoms with Crippen molar-refractivity contribution < 1.29 is 40.2 Å². The Labute approximate surface area is 497 Å². The number of allylic oxidation sites excluding steroid dienone is 2. The molecule has 2 aromatic heterocycles. The molecule has 0 amide bonds. The number of ketones is 1. The largest absolute Gasteiger partial charge is 0.512 e. The summed E-state index contributed by atoms with van der Waals surface area (Å²) in [6.07, 6.45) is 8.42. The number of carbonyl (C=O) groups is 1. The Balaban J connectivity index is 0.000000190. The van der Waals surface area contributed by atoms with Gasteiger partial charge in [-0.1, -0.05) is 199 Å². The van der Waals surface area contributed by atoms with Crippen LogP contribution in [0.3, 0.4) is 0 Å². The van der Waals surface area contributed by atoms with Gasteiger partial charge in [-0.25, -0.2) is 0 Å². The fraction of sp³-hybridized carbons (Fsp3) is 0.431. The summed E-state index contributed by atoms with van der Waals surface area (Å²) in [5, 5.41) is 17.7. The maximum atomic E-state index is 12.0. The molecule has 5 nitrogen and oxygen atoms in total. The van der Waals surface area contributed by atoms with E-state index in [2.05, 4.69) is 166 Å². The molecule has 0 unspecified atom stereocenters. The molecule has 7 heteroatoms. The Morgan fingerprint density at radius 1 is 0.646 bits per heavy atom. The van der Waals surface area contributed by atoms with Crippen LogP contribution in [0.1, 0.15) is 171 Å². The summed E-state index contributed by atoms with van der Waals surface area (Å²) in [4.78, 5) is 23.6. The van der Waals surface area contributed by atoms with Crippen LogP contribution in [0.5, 0.6) is 11.5 Å². The van der Waals surface area contributed by atoms with Crippen molar-refractivity contribution >= 4 is 60.6 Å². The molecule has 419 valence electrons. The fourth-order valence-electron chi connectivity index (χ4n) is 10.9. The Hall–Kier alpha value is -5.33. The first-order chi connectivity index (χ1) is 38.3. The number of nitrogens with zero attached hydrogens (tertiary/aromatic N) is 2. The van der Waals surface area contributed by atoms with Gasteiger partial charge >= 0.3 is 0 Å². The first-order valence-electron chi connectivity index (χ1n) is 30.4. The van der Waals surface area contributed by atoms with Crippen LogP contribution in [0, 0.1) is 45.1 Å². The number of fused-ring (bicyclic) bond motifs is 6. The van der Waals surface area contributed by atoms with E-state index in [0.717, 1.165) is 133 Å². The molecule has 10 rings (SSSR count). The topological polar surface area (TPSA) is 72.3 Å². The minimum atomic E-state index is -0.319. The normalized spacial score (nSPS) is 14.0. The van der Waals surface area contributed by atoms with E-state index < -0.39 is 0 Å². The number of rotatable bonds is 11.